The van der Waals surface area contributed by atoms with Crippen molar-refractivity contribution in [2.75, 3.05) is 12.4 Å². The average molecular weight is 464 g/mol. The minimum Gasteiger partial charge on any atom is -0.496 e. The number of carbonyl (C=O) groups excluding carboxylic acids is 1. The van der Waals surface area contributed by atoms with Gasteiger partial charge < -0.3 is 10.1 Å². The number of rotatable bonds is 3. The number of ether oxygens (including phenoxy) is 1. The highest BCUT2D eigenvalue weighted by Gasteiger charge is 2.12. The molecule has 3 nitrogen and oxygen atoms in total. The quantitative estimate of drug-likeness (QED) is 0.676. The molecule has 0 fully saturated rings. The van der Waals surface area contributed by atoms with Crippen LogP contribution in [-0.2, 0) is 0 Å². The molecule has 20 heavy (non-hydrogen) atoms. The van der Waals surface area contributed by atoms with Gasteiger partial charge in [-0.05, 0) is 78.1 Å². The standard InChI is InChI=1S/C14H10Br3NO2/c1-20-12-6-5-8(7-11(12)17)14(19)18-13-9(15)3-2-4-10(13)16/h2-7H,1H3,(H,18,19). The Kier molecular flexibility index (Phi) is 5.23. The third-order valence-corrected chi connectivity index (χ3v) is 4.56. The lowest BCUT2D eigenvalue weighted by Gasteiger charge is -2.10. The molecule has 0 aliphatic carbocycles. The summed E-state index contributed by atoms with van der Waals surface area (Å²) < 4.78 is 7.50. The van der Waals surface area contributed by atoms with E-state index in [1.807, 2.05) is 18.2 Å². The van der Waals surface area contributed by atoms with Gasteiger partial charge in [-0.15, -0.1) is 0 Å². The van der Waals surface area contributed by atoms with E-state index in [2.05, 4.69) is 53.1 Å². The minimum absolute atomic E-state index is 0.194. The monoisotopic (exact) mass is 461 g/mol. The summed E-state index contributed by atoms with van der Waals surface area (Å²) in [6, 6.07) is 10.8. The number of hydrogen-bond donors (Lipinski definition) is 1. The van der Waals surface area contributed by atoms with E-state index in [4.69, 9.17) is 4.74 Å². The number of halogens is 3. The molecule has 2 aromatic carbocycles. The van der Waals surface area contributed by atoms with Crippen LogP contribution in [-0.4, -0.2) is 13.0 Å². The predicted octanol–water partition coefficient (Wildman–Crippen LogP) is 5.24. The van der Waals surface area contributed by atoms with Gasteiger partial charge in [0.25, 0.3) is 5.91 Å². The average Bonchev–Trinajstić information content (AvgIpc) is 2.42. The molecule has 0 aliphatic heterocycles. The molecule has 0 saturated heterocycles. The summed E-state index contributed by atoms with van der Waals surface area (Å²) in [6.07, 6.45) is 0. The molecule has 104 valence electrons. The van der Waals surface area contributed by atoms with Crippen molar-refractivity contribution in [3.05, 3.63) is 55.4 Å². The number of carbonyl (C=O) groups is 1. The number of methoxy groups -OCH3 is 1. The second-order valence-corrected chi connectivity index (χ2v) is 6.46. The number of hydrogen-bond acceptors (Lipinski definition) is 2. The summed E-state index contributed by atoms with van der Waals surface area (Å²) in [7, 11) is 1.58. The van der Waals surface area contributed by atoms with Crippen LogP contribution in [0.4, 0.5) is 5.69 Å². The predicted molar refractivity (Wildman–Crippen MR) is 90.5 cm³/mol. The van der Waals surface area contributed by atoms with Crippen LogP contribution < -0.4 is 10.1 Å². The van der Waals surface area contributed by atoms with E-state index in [0.29, 0.717) is 17.0 Å². The SMILES string of the molecule is COc1ccc(C(=O)Nc2c(Br)cccc2Br)cc1Br. The Labute approximate surface area is 142 Å². The van der Waals surface area contributed by atoms with E-state index >= 15 is 0 Å². The van der Waals surface area contributed by atoms with E-state index in [1.54, 1.807) is 25.3 Å². The summed E-state index contributed by atoms with van der Waals surface area (Å²) in [6.45, 7) is 0. The smallest absolute Gasteiger partial charge is 0.255 e. The third kappa shape index (κ3) is 3.42. The number of amides is 1. The van der Waals surface area contributed by atoms with Crippen molar-refractivity contribution in [1.82, 2.24) is 0 Å². The number of anilines is 1. The van der Waals surface area contributed by atoms with Crippen LogP contribution in [0.25, 0.3) is 0 Å². The maximum atomic E-state index is 12.3. The first kappa shape index (κ1) is 15.5. The van der Waals surface area contributed by atoms with Gasteiger partial charge in [0.1, 0.15) is 5.75 Å². The highest BCUT2D eigenvalue weighted by atomic mass is 79.9. The molecular weight excluding hydrogens is 454 g/mol. The lowest BCUT2D eigenvalue weighted by Crippen LogP contribution is -2.12. The molecule has 1 amide bonds. The highest BCUT2D eigenvalue weighted by molar-refractivity contribution is 9.11. The van der Waals surface area contributed by atoms with Crippen LogP contribution >= 0.6 is 47.8 Å². The van der Waals surface area contributed by atoms with Gasteiger partial charge in [0.2, 0.25) is 0 Å². The van der Waals surface area contributed by atoms with Crippen molar-refractivity contribution in [3.63, 3.8) is 0 Å². The minimum atomic E-state index is -0.194. The Morgan fingerprint density at radius 1 is 1.05 bits per heavy atom. The number of para-hydroxylation sites is 1. The summed E-state index contributed by atoms with van der Waals surface area (Å²) in [5.41, 5.74) is 1.24. The first-order valence-corrected chi connectivity index (χ1v) is 7.99. The summed E-state index contributed by atoms with van der Waals surface area (Å²) >= 11 is 10.2. The molecule has 0 spiro atoms. The molecule has 0 aromatic heterocycles. The van der Waals surface area contributed by atoms with Crippen LogP contribution in [0.3, 0.4) is 0 Å². The van der Waals surface area contributed by atoms with Crippen molar-refractivity contribution in [3.8, 4) is 5.75 Å². The Morgan fingerprint density at radius 2 is 1.70 bits per heavy atom. The summed E-state index contributed by atoms with van der Waals surface area (Å²) in [4.78, 5) is 12.3. The number of benzene rings is 2. The van der Waals surface area contributed by atoms with Gasteiger partial charge in [-0.1, -0.05) is 6.07 Å². The second kappa shape index (κ2) is 6.74. The van der Waals surface area contributed by atoms with Crippen molar-refractivity contribution < 1.29 is 9.53 Å². The molecular formula is C14H10Br3NO2. The van der Waals surface area contributed by atoms with Gasteiger partial charge in [0.15, 0.2) is 0 Å². The number of nitrogens with one attached hydrogen (secondary N) is 1. The molecule has 6 heteroatoms. The molecule has 1 N–H and O–H groups in total. The topological polar surface area (TPSA) is 38.3 Å². The van der Waals surface area contributed by atoms with Crippen LogP contribution in [0.5, 0.6) is 5.75 Å². The summed E-state index contributed by atoms with van der Waals surface area (Å²) in [5.74, 6) is 0.490. The lowest BCUT2D eigenvalue weighted by molar-refractivity contribution is 0.102. The van der Waals surface area contributed by atoms with E-state index < -0.39 is 0 Å². The zero-order valence-corrected chi connectivity index (χ0v) is 15.2. The van der Waals surface area contributed by atoms with Gasteiger partial charge in [0, 0.05) is 14.5 Å². The Morgan fingerprint density at radius 3 is 2.25 bits per heavy atom. The van der Waals surface area contributed by atoms with Crippen molar-refractivity contribution in [2.45, 2.75) is 0 Å². The van der Waals surface area contributed by atoms with Gasteiger partial charge in [-0.25, -0.2) is 0 Å². The van der Waals surface area contributed by atoms with Crippen molar-refractivity contribution >= 4 is 59.4 Å². The first-order valence-electron chi connectivity index (χ1n) is 5.62. The second-order valence-electron chi connectivity index (χ2n) is 3.90. The Balaban J connectivity index is 2.26. The van der Waals surface area contributed by atoms with Crippen LogP contribution in [0.1, 0.15) is 10.4 Å². The first-order chi connectivity index (χ1) is 9.52. The molecule has 0 saturated carbocycles. The molecule has 0 unspecified atom stereocenters. The fraction of sp³-hybridized carbons (Fsp3) is 0.0714. The Hall–Kier alpha value is -0.850. The van der Waals surface area contributed by atoms with E-state index in [1.165, 1.54) is 0 Å². The molecule has 0 atom stereocenters. The van der Waals surface area contributed by atoms with Crippen molar-refractivity contribution in [2.24, 2.45) is 0 Å². The largest absolute Gasteiger partial charge is 0.496 e. The fourth-order valence-electron chi connectivity index (χ4n) is 1.61. The normalized spacial score (nSPS) is 10.2. The van der Waals surface area contributed by atoms with E-state index in [0.717, 1.165) is 13.4 Å². The maximum Gasteiger partial charge on any atom is 0.255 e. The molecule has 0 heterocycles. The summed E-state index contributed by atoms with van der Waals surface area (Å²) in [5, 5.41) is 2.87. The van der Waals surface area contributed by atoms with Gasteiger partial charge in [-0.3, -0.25) is 4.79 Å². The zero-order valence-electron chi connectivity index (χ0n) is 10.4. The van der Waals surface area contributed by atoms with E-state index in [9.17, 15) is 4.79 Å². The maximum absolute atomic E-state index is 12.3. The van der Waals surface area contributed by atoms with Crippen molar-refractivity contribution in [1.29, 1.82) is 0 Å². The van der Waals surface area contributed by atoms with Crippen LogP contribution in [0.2, 0.25) is 0 Å². The molecule has 0 bridgehead atoms. The lowest BCUT2D eigenvalue weighted by atomic mass is 10.2. The molecule has 0 aliphatic rings. The highest BCUT2D eigenvalue weighted by Crippen LogP contribution is 2.31. The molecule has 0 radical (unpaired) electrons. The third-order valence-electron chi connectivity index (χ3n) is 2.62. The van der Waals surface area contributed by atoms with Crippen LogP contribution in [0.15, 0.2) is 49.8 Å². The molecule has 2 aromatic rings. The van der Waals surface area contributed by atoms with Crippen LogP contribution in [0, 0.1) is 0 Å². The van der Waals surface area contributed by atoms with Gasteiger partial charge in [-0.2, -0.15) is 0 Å². The fourth-order valence-corrected chi connectivity index (χ4v) is 3.35. The van der Waals surface area contributed by atoms with E-state index in [-0.39, 0.29) is 5.91 Å². The zero-order chi connectivity index (χ0) is 14.7. The Bertz CT molecular complexity index is 639. The molecule has 2 rings (SSSR count). The van der Waals surface area contributed by atoms with Gasteiger partial charge >= 0.3 is 0 Å². The van der Waals surface area contributed by atoms with Gasteiger partial charge in [0.05, 0.1) is 17.3 Å².